The van der Waals surface area contributed by atoms with Gasteiger partial charge in [0.05, 0.1) is 24.3 Å². The van der Waals surface area contributed by atoms with E-state index in [1.807, 2.05) is 26.8 Å². The number of anilines is 1. The number of carboxylic acid groups (broad SMARTS) is 1. The number of cyclic esters (lactones) is 1. The van der Waals surface area contributed by atoms with E-state index in [-0.39, 0.29) is 12.6 Å². The molecule has 2 rings (SSSR count). The van der Waals surface area contributed by atoms with Gasteiger partial charge in [-0.25, -0.2) is 4.79 Å². The lowest BCUT2D eigenvalue weighted by Gasteiger charge is -2.20. The maximum absolute atomic E-state index is 12.2. The molecule has 1 aromatic rings. The summed E-state index contributed by atoms with van der Waals surface area (Å²) in [7, 11) is 1.62. The summed E-state index contributed by atoms with van der Waals surface area (Å²) in [5.74, 6) is -0.811. The summed E-state index contributed by atoms with van der Waals surface area (Å²) in [4.78, 5) is 23.3. The molecule has 0 aromatic heterocycles. The number of ether oxygens (including phenoxy) is 2. The number of hydrogen-bond acceptors (Lipinski definition) is 5. The number of esters is 1. The molecule has 1 aliphatic rings. The van der Waals surface area contributed by atoms with Gasteiger partial charge in [0, 0.05) is 17.7 Å². The van der Waals surface area contributed by atoms with E-state index in [2.05, 4.69) is 5.32 Å². The minimum atomic E-state index is -0.806. The summed E-state index contributed by atoms with van der Waals surface area (Å²) < 4.78 is 10.9. The Balaban J connectivity index is 2.46. The Labute approximate surface area is 154 Å². The number of nitrogens with one attached hydrogen (secondary N) is 1. The Morgan fingerprint density at radius 2 is 2.15 bits per heavy atom. The number of rotatable bonds is 8. The van der Waals surface area contributed by atoms with Crippen molar-refractivity contribution < 1.29 is 24.2 Å². The second-order valence-electron chi connectivity index (χ2n) is 6.67. The molecule has 0 saturated carbocycles. The van der Waals surface area contributed by atoms with Crippen LogP contribution in [0.5, 0.6) is 5.75 Å². The number of carbonyl (C=O) groups is 2. The van der Waals surface area contributed by atoms with Crippen molar-refractivity contribution in [1.82, 2.24) is 0 Å². The van der Waals surface area contributed by atoms with E-state index in [1.165, 1.54) is 0 Å². The molecule has 0 spiro atoms. The molecule has 1 unspecified atom stereocenters. The number of hydrogen-bond donors (Lipinski definition) is 2. The number of allylic oxidation sites excluding steroid dienone is 2. The number of carbonyl (C=O) groups excluding carboxylic acids is 1. The zero-order valence-electron chi connectivity index (χ0n) is 16.1. The van der Waals surface area contributed by atoms with E-state index in [4.69, 9.17) is 14.6 Å². The number of aliphatic carboxylic acids is 1. The van der Waals surface area contributed by atoms with E-state index in [9.17, 15) is 9.59 Å². The largest absolute Gasteiger partial charge is 0.496 e. The Bertz CT molecular complexity index is 751. The van der Waals surface area contributed by atoms with Crippen molar-refractivity contribution in [3.05, 3.63) is 33.9 Å². The highest BCUT2D eigenvalue weighted by Gasteiger charge is 2.31. The van der Waals surface area contributed by atoms with Crippen LogP contribution in [-0.2, 0) is 22.6 Å². The lowest BCUT2D eigenvalue weighted by atomic mass is 9.93. The van der Waals surface area contributed by atoms with Gasteiger partial charge in [0.25, 0.3) is 0 Å². The Hall–Kier alpha value is -2.50. The third-order valence-corrected chi connectivity index (χ3v) is 4.73. The van der Waals surface area contributed by atoms with Crippen LogP contribution in [0.4, 0.5) is 5.69 Å². The molecular formula is C20H27NO5. The summed E-state index contributed by atoms with van der Waals surface area (Å²) in [6.45, 7) is 8.45. The second kappa shape index (κ2) is 8.25. The lowest BCUT2D eigenvalue weighted by molar-refractivity contribution is -0.141. The van der Waals surface area contributed by atoms with Gasteiger partial charge in [0.1, 0.15) is 12.4 Å². The second-order valence-corrected chi connectivity index (χ2v) is 6.67. The Morgan fingerprint density at radius 1 is 1.46 bits per heavy atom. The predicted octanol–water partition coefficient (Wildman–Crippen LogP) is 3.71. The van der Waals surface area contributed by atoms with Crippen LogP contribution in [0.25, 0.3) is 0 Å². The van der Waals surface area contributed by atoms with Gasteiger partial charge in [-0.15, -0.1) is 0 Å². The minimum absolute atomic E-state index is 0.264. The van der Waals surface area contributed by atoms with Crippen molar-refractivity contribution in [2.45, 2.75) is 47.1 Å². The quantitative estimate of drug-likeness (QED) is 0.542. The van der Waals surface area contributed by atoms with Crippen LogP contribution in [0, 0.1) is 12.8 Å². The summed E-state index contributed by atoms with van der Waals surface area (Å²) >= 11 is 0. The molecule has 0 amide bonds. The van der Waals surface area contributed by atoms with E-state index in [0.29, 0.717) is 24.9 Å². The Morgan fingerprint density at radius 3 is 2.73 bits per heavy atom. The van der Waals surface area contributed by atoms with Gasteiger partial charge in [-0.3, -0.25) is 4.79 Å². The maximum atomic E-state index is 12.2. The van der Waals surface area contributed by atoms with E-state index >= 15 is 0 Å². The SMILES string of the molecule is CCNc1c(C/C=C(\C)CC(C)C(=O)O)c(OC)c(C)c2c1C(=O)OC2. The summed E-state index contributed by atoms with van der Waals surface area (Å²) in [6, 6.07) is 0. The molecule has 0 bridgehead atoms. The van der Waals surface area contributed by atoms with Crippen LogP contribution in [0.2, 0.25) is 0 Å². The normalized spacial score (nSPS) is 14.7. The van der Waals surface area contributed by atoms with Crippen molar-refractivity contribution in [3.8, 4) is 5.75 Å². The molecule has 142 valence electrons. The van der Waals surface area contributed by atoms with Crippen LogP contribution in [0.3, 0.4) is 0 Å². The third kappa shape index (κ3) is 3.84. The zero-order chi connectivity index (χ0) is 19.4. The van der Waals surface area contributed by atoms with Gasteiger partial charge in [-0.1, -0.05) is 18.6 Å². The molecule has 1 aliphatic heterocycles. The predicted molar refractivity (Wildman–Crippen MR) is 99.9 cm³/mol. The van der Waals surface area contributed by atoms with E-state index in [0.717, 1.165) is 33.7 Å². The van der Waals surface area contributed by atoms with Crippen molar-refractivity contribution in [2.75, 3.05) is 19.0 Å². The van der Waals surface area contributed by atoms with Crippen molar-refractivity contribution >= 4 is 17.6 Å². The fourth-order valence-corrected chi connectivity index (χ4v) is 3.35. The molecule has 26 heavy (non-hydrogen) atoms. The van der Waals surface area contributed by atoms with Gasteiger partial charge < -0.3 is 19.9 Å². The highest BCUT2D eigenvalue weighted by atomic mass is 16.5. The highest BCUT2D eigenvalue weighted by molar-refractivity contribution is 6.01. The zero-order valence-corrected chi connectivity index (χ0v) is 16.1. The molecule has 0 saturated heterocycles. The lowest BCUT2D eigenvalue weighted by Crippen LogP contribution is -2.11. The third-order valence-electron chi connectivity index (χ3n) is 4.73. The van der Waals surface area contributed by atoms with Gasteiger partial charge >= 0.3 is 11.9 Å². The molecule has 0 aliphatic carbocycles. The molecule has 0 fully saturated rings. The molecule has 1 heterocycles. The Kier molecular flexibility index (Phi) is 6.29. The van der Waals surface area contributed by atoms with Gasteiger partial charge in [-0.05, 0) is 39.2 Å². The highest BCUT2D eigenvalue weighted by Crippen LogP contribution is 2.41. The van der Waals surface area contributed by atoms with Crippen molar-refractivity contribution in [1.29, 1.82) is 0 Å². The molecular weight excluding hydrogens is 334 g/mol. The van der Waals surface area contributed by atoms with Crippen LogP contribution < -0.4 is 10.1 Å². The number of carboxylic acids is 1. The van der Waals surface area contributed by atoms with Crippen LogP contribution in [-0.4, -0.2) is 30.7 Å². The first-order valence-electron chi connectivity index (χ1n) is 8.83. The first-order valence-corrected chi connectivity index (χ1v) is 8.83. The van der Waals surface area contributed by atoms with Crippen molar-refractivity contribution in [3.63, 3.8) is 0 Å². The summed E-state index contributed by atoms with van der Waals surface area (Å²) in [5, 5.41) is 12.4. The number of benzene rings is 1. The first kappa shape index (κ1) is 19.8. The van der Waals surface area contributed by atoms with Gasteiger partial charge in [0.15, 0.2) is 0 Å². The smallest absolute Gasteiger partial charge is 0.341 e. The summed E-state index contributed by atoms with van der Waals surface area (Å²) in [6.07, 6.45) is 3.04. The van der Waals surface area contributed by atoms with E-state index < -0.39 is 11.9 Å². The monoisotopic (exact) mass is 361 g/mol. The first-order chi connectivity index (χ1) is 12.3. The fraction of sp³-hybridized carbons (Fsp3) is 0.500. The van der Waals surface area contributed by atoms with Crippen molar-refractivity contribution in [2.24, 2.45) is 5.92 Å². The van der Waals surface area contributed by atoms with Gasteiger partial charge in [0.2, 0.25) is 0 Å². The molecule has 0 radical (unpaired) electrons. The number of methoxy groups -OCH3 is 1. The molecule has 6 heteroatoms. The van der Waals surface area contributed by atoms with Crippen LogP contribution in [0.1, 0.15) is 54.2 Å². The van der Waals surface area contributed by atoms with Crippen LogP contribution >= 0.6 is 0 Å². The molecule has 2 N–H and O–H groups in total. The maximum Gasteiger partial charge on any atom is 0.341 e. The average molecular weight is 361 g/mol. The summed E-state index contributed by atoms with van der Waals surface area (Å²) in [5.41, 5.74) is 5.01. The molecule has 1 atom stereocenters. The standard InChI is InChI=1S/C20H27NO5/c1-6-21-17-14(8-7-11(2)9-12(3)19(22)23)18(25-5)13(4)15-10-26-20(24)16(15)17/h7,12,21H,6,8-10H2,1-5H3,(H,22,23)/b11-7+. The average Bonchev–Trinajstić information content (AvgIpc) is 2.97. The molecule has 1 aromatic carbocycles. The van der Waals surface area contributed by atoms with Gasteiger partial charge in [-0.2, -0.15) is 0 Å². The fourth-order valence-electron chi connectivity index (χ4n) is 3.35. The molecule has 6 nitrogen and oxygen atoms in total. The van der Waals surface area contributed by atoms with Crippen LogP contribution in [0.15, 0.2) is 11.6 Å². The van der Waals surface area contributed by atoms with E-state index in [1.54, 1.807) is 14.0 Å². The number of fused-ring (bicyclic) bond motifs is 1. The minimum Gasteiger partial charge on any atom is -0.496 e. The topological polar surface area (TPSA) is 84.9 Å².